The first-order valence-corrected chi connectivity index (χ1v) is 6.53. The molecule has 0 saturated carbocycles. The second kappa shape index (κ2) is 4.90. The molecule has 0 spiro atoms. The number of hydrogen-bond acceptors (Lipinski definition) is 4. The summed E-state index contributed by atoms with van der Waals surface area (Å²) >= 11 is 3.58. The van der Waals surface area contributed by atoms with Crippen LogP contribution in [0.1, 0.15) is 15.8 Å². The maximum absolute atomic E-state index is 3.44. The molecule has 2 nitrogen and oxygen atoms in total. The van der Waals surface area contributed by atoms with E-state index in [1.165, 1.54) is 9.75 Å². The van der Waals surface area contributed by atoms with Crippen molar-refractivity contribution in [3.05, 3.63) is 44.8 Å². The van der Waals surface area contributed by atoms with E-state index in [1.807, 2.05) is 19.1 Å². The minimum absolute atomic E-state index is 0.292. The highest BCUT2D eigenvalue weighted by Gasteiger charge is 2.16. The molecule has 2 rings (SSSR count). The topological polar surface area (TPSA) is 15.3 Å². The largest absolute Gasteiger partial charge is 0.250 e. The number of thiophene rings is 2. The van der Waals surface area contributed by atoms with Gasteiger partial charge in [-0.3, -0.25) is 0 Å². The Bertz CT molecular complexity index is 344. The van der Waals surface area contributed by atoms with E-state index in [0.717, 1.165) is 0 Å². The van der Waals surface area contributed by atoms with Gasteiger partial charge >= 0.3 is 0 Å². The van der Waals surface area contributed by atoms with Crippen LogP contribution in [-0.4, -0.2) is 19.1 Å². The number of hydrazine groups is 1. The predicted octanol–water partition coefficient (Wildman–Crippen LogP) is 2.97. The van der Waals surface area contributed by atoms with Gasteiger partial charge < -0.3 is 0 Å². The lowest BCUT2D eigenvalue weighted by Gasteiger charge is -2.21. The molecular weight excluding hydrogens is 224 g/mol. The molecule has 0 bridgehead atoms. The van der Waals surface area contributed by atoms with E-state index in [0.29, 0.717) is 6.04 Å². The Kier molecular flexibility index (Phi) is 3.53. The molecule has 1 N–H and O–H groups in total. The van der Waals surface area contributed by atoms with E-state index < -0.39 is 0 Å². The van der Waals surface area contributed by atoms with Gasteiger partial charge in [0.15, 0.2) is 0 Å². The molecule has 2 heterocycles. The first-order chi connectivity index (χ1) is 7.27. The van der Waals surface area contributed by atoms with Gasteiger partial charge in [-0.25, -0.2) is 10.4 Å². The van der Waals surface area contributed by atoms with Crippen LogP contribution in [0.4, 0.5) is 0 Å². The Balaban J connectivity index is 2.25. The lowest BCUT2D eigenvalue weighted by atomic mass is 10.2. The van der Waals surface area contributed by atoms with Crippen molar-refractivity contribution in [2.45, 2.75) is 6.04 Å². The fourth-order valence-corrected chi connectivity index (χ4v) is 3.09. The van der Waals surface area contributed by atoms with Crippen LogP contribution in [0.5, 0.6) is 0 Å². The Morgan fingerprint density at radius 1 is 1.07 bits per heavy atom. The van der Waals surface area contributed by atoms with Gasteiger partial charge in [-0.2, -0.15) is 0 Å². The second-order valence-electron chi connectivity index (χ2n) is 3.49. The lowest BCUT2D eigenvalue weighted by Crippen LogP contribution is -2.34. The molecule has 2 aromatic heterocycles. The maximum atomic E-state index is 3.44. The molecule has 0 aliphatic carbocycles. The van der Waals surface area contributed by atoms with Crippen molar-refractivity contribution in [1.82, 2.24) is 10.4 Å². The molecule has 0 fully saturated rings. The molecule has 2 aromatic rings. The molecular formula is C11H14N2S2. The quantitative estimate of drug-likeness (QED) is 0.824. The summed E-state index contributed by atoms with van der Waals surface area (Å²) < 4.78 is 0. The van der Waals surface area contributed by atoms with Crippen LogP contribution >= 0.6 is 22.7 Å². The highest BCUT2D eigenvalue weighted by atomic mass is 32.1. The van der Waals surface area contributed by atoms with E-state index in [9.17, 15) is 0 Å². The van der Waals surface area contributed by atoms with Crippen molar-refractivity contribution in [3.63, 3.8) is 0 Å². The Hall–Kier alpha value is -0.680. The van der Waals surface area contributed by atoms with E-state index in [1.54, 1.807) is 22.7 Å². The van der Waals surface area contributed by atoms with Crippen LogP contribution in [0.15, 0.2) is 35.0 Å². The van der Waals surface area contributed by atoms with Crippen molar-refractivity contribution in [2.75, 3.05) is 14.1 Å². The van der Waals surface area contributed by atoms with Crippen LogP contribution in [0.25, 0.3) is 0 Å². The van der Waals surface area contributed by atoms with Crippen molar-refractivity contribution < 1.29 is 0 Å². The highest BCUT2D eigenvalue weighted by Crippen LogP contribution is 2.28. The molecule has 0 saturated heterocycles. The number of nitrogens with one attached hydrogen (secondary N) is 1. The fraction of sp³-hybridized carbons (Fsp3) is 0.273. The molecule has 0 amide bonds. The molecule has 0 aliphatic heterocycles. The van der Waals surface area contributed by atoms with E-state index in [4.69, 9.17) is 0 Å². The monoisotopic (exact) mass is 238 g/mol. The first kappa shape index (κ1) is 10.8. The third-order valence-corrected chi connectivity index (χ3v) is 3.92. The Morgan fingerprint density at radius 3 is 1.93 bits per heavy atom. The molecule has 0 unspecified atom stereocenters. The van der Waals surface area contributed by atoms with Crippen LogP contribution in [0.3, 0.4) is 0 Å². The van der Waals surface area contributed by atoms with Crippen molar-refractivity contribution in [2.24, 2.45) is 0 Å². The minimum atomic E-state index is 0.292. The van der Waals surface area contributed by atoms with Crippen molar-refractivity contribution in [1.29, 1.82) is 0 Å². The van der Waals surface area contributed by atoms with Crippen LogP contribution in [0.2, 0.25) is 0 Å². The standard InChI is InChI=1S/C11H14N2S2/c1-13(2)12-11(9-5-3-7-14-9)10-6-4-8-15-10/h3-8,11-12H,1-2H3. The van der Waals surface area contributed by atoms with Crippen molar-refractivity contribution in [3.8, 4) is 0 Å². The summed E-state index contributed by atoms with van der Waals surface area (Å²) in [5.41, 5.74) is 3.44. The molecule has 4 heteroatoms. The zero-order valence-electron chi connectivity index (χ0n) is 8.81. The SMILES string of the molecule is CN(C)NC(c1cccs1)c1cccs1. The second-order valence-corrected chi connectivity index (χ2v) is 5.45. The van der Waals surface area contributed by atoms with Gasteiger partial charge in [-0.15, -0.1) is 22.7 Å². The van der Waals surface area contributed by atoms with Crippen molar-refractivity contribution >= 4 is 22.7 Å². The van der Waals surface area contributed by atoms with E-state index in [2.05, 4.69) is 40.5 Å². The molecule has 0 atom stereocenters. The maximum Gasteiger partial charge on any atom is 0.0898 e. The van der Waals surface area contributed by atoms with Gasteiger partial charge in [0.25, 0.3) is 0 Å². The lowest BCUT2D eigenvalue weighted by molar-refractivity contribution is 0.265. The Labute approximate surface area is 98.1 Å². The summed E-state index contributed by atoms with van der Waals surface area (Å²) in [5.74, 6) is 0. The smallest absolute Gasteiger partial charge is 0.0898 e. The third kappa shape index (κ3) is 2.66. The summed E-state index contributed by atoms with van der Waals surface area (Å²) in [6.07, 6.45) is 0. The summed E-state index contributed by atoms with van der Waals surface area (Å²) in [4.78, 5) is 2.71. The van der Waals surface area contributed by atoms with Crippen LogP contribution in [0, 0.1) is 0 Å². The summed E-state index contributed by atoms with van der Waals surface area (Å²) in [5, 5.41) is 6.24. The number of rotatable bonds is 4. The predicted molar refractivity (Wildman–Crippen MR) is 67.3 cm³/mol. The first-order valence-electron chi connectivity index (χ1n) is 4.77. The third-order valence-electron chi connectivity index (χ3n) is 2.04. The minimum Gasteiger partial charge on any atom is -0.250 e. The van der Waals surface area contributed by atoms with Crippen LogP contribution < -0.4 is 5.43 Å². The zero-order valence-corrected chi connectivity index (χ0v) is 10.4. The summed E-state index contributed by atoms with van der Waals surface area (Å²) in [7, 11) is 4.04. The highest BCUT2D eigenvalue weighted by molar-refractivity contribution is 7.11. The molecule has 0 radical (unpaired) electrons. The van der Waals surface area contributed by atoms with Gasteiger partial charge in [0.1, 0.15) is 0 Å². The molecule has 0 aliphatic rings. The van der Waals surface area contributed by atoms with Gasteiger partial charge in [-0.05, 0) is 22.9 Å². The summed E-state index contributed by atoms with van der Waals surface area (Å²) in [6, 6.07) is 8.83. The normalized spacial score (nSPS) is 11.5. The molecule has 0 aromatic carbocycles. The van der Waals surface area contributed by atoms with Crippen LogP contribution in [-0.2, 0) is 0 Å². The fourth-order valence-electron chi connectivity index (χ4n) is 1.44. The molecule has 80 valence electrons. The van der Waals surface area contributed by atoms with Gasteiger partial charge in [0, 0.05) is 23.8 Å². The number of hydrogen-bond donors (Lipinski definition) is 1. The average Bonchev–Trinajstić information content (AvgIpc) is 2.87. The van der Waals surface area contributed by atoms with Gasteiger partial charge in [-0.1, -0.05) is 12.1 Å². The van der Waals surface area contributed by atoms with Gasteiger partial charge in [0.2, 0.25) is 0 Å². The summed E-state index contributed by atoms with van der Waals surface area (Å²) in [6.45, 7) is 0. The number of nitrogens with zero attached hydrogens (tertiary/aromatic N) is 1. The Morgan fingerprint density at radius 2 is 1.60 bits per heavy atom. The van der Waals surface area contributed by atoms with E-state index in [-0.39, 0.29) is 0 Å². The average molecular weight is 238 g/mol. The molecule has 15 heavy (non-hydrogen) atoms. The van der Waals surface area contributed by atoms with Gasteiger partial charge in [0.05, 0.1) is 6.04 Å². The van der Waals surface area contributed by atoms with E-state index >= 15 is 0 Å². The zero-order chi connectivity index (χ0) is 10.7.